The molecule has 1 aliphatic rings. The maximum Gasteiger partial charge on any atom is 0.231 e. The van der Waals surface area contributed by atoms with E-state index in [1.54, 1.807) is 11.8 Å². The largest absolute Gasteiger partial charge is 0.339 e. The Hall–Kier alpha value is -0.850. The van der Waals surface area contributed by atoms with Gasteiger partial charge in [0.2, 0.25) is 5.89 Å². The maximum atomic E-state index is 5.40. The van der Waals surface area contributed by atoms with E-state index in [1.165, 1.54) is 11.3 Å². The average Bonchev–Trinajstić information content (AvgIpc) is 2.96. The zero-order valence-corrected chi connectivity index (χ0v) is 13.4. The highest BCUT2D eigenvalue weighted by atomic mass is 79.9. The van der Waals surface area contributed by atoms with Crippen LogP contribution in [-0.4, -0.2) is 23.2 Å². The molecule has 1 saturated heterocycles. The van der Waals surface area contributed by atoms with Gasteiger partial charge in [-0.25, -0.2) is 0 Å². The van der Waals surface area contributed by atoms with Crippen LogP contribution in [-0.2, 0) is 5.75 Å². The van der Waals surface area contributed by atoms with Gasteiger partial charge in [0.15, 0.2) is 5.82 Å². The molecule has 2 aromatic rings. The fourth-order valence-corrected chi connectivity index (χ4v) is 3.67. The molecule has 106 valence electrons. The summed E-state index contributed by atoms with van der Waals surface area (Å²) in [5.41, 5.74) is 0. The lowest BCUT2D eigenvalue weighted by Gasteiger charge is -2.18. The van der Waals surface area contributed by atoms with Crippen molar-refractivity contribution >= 4 is 27.7 Å². The summed E-state index contributed by atoms with van der Waals surface area (Å²) in [6, 6.07) is 8.16. The van der Waals surface area contributed by atoms with Crippen LogP contribution in [0.25, 0.3) is 0 Å². The number of rotatable bonds is 4. The van der Waals surface area contributed by atoms with Crippen LogP contribution in [0.4, 0.5) is 0 Å². The molecule has 2 heterocycles. The van der Waals surface area contributed by atoms with Crippen molar-refractivity contribution in [3.05, 3.63) is 40.5 Å². The van der Waals surface area contributed by atoms with Crippen molar-refractivity contribution in [3.8, 4) is 0 Å². The van der Waals surface area contributed by atoms with E-state index in [0.717, 1.165) is 41.5 Å². The van der Waals surface area contributed by atoms with E-state index < -0.39 is 0 Å². The van der Waals surface area contributed by atoms with E-state index in [-0.39, 0.29) is 0 Å². The lowest BCUT2D eigenvalue weighted by Crippen LogP contribution is -2.28. The van der Waals surface area contributed by atoms with Gasteiger partial charge >= 0.3 is 0 Å². The summed E-state index contributed by atoms with van der Waals surface area (Å²) < 4.78 is 6.50. The Morgan fingerprint density at radius 3 is 3.10 bits per heavy atom. The van der Waals surface area contributed by atoms with Gasteiger partial charge in [-0.15, -0.1) is 11.8 Å². The van der Waals surface area contributed by atoms with Gasteiger partial charge in [0, 0.05) is 15.9 Å². The molecule has 1 aromatic carbocycles. The van der Waals surface area contributed by atoms with Crippen LogP contribution in [0.2, 0.25) is 0 Å². The van der Waals surface area contributed by atoms with Gasteiger partial charge in [0.25, 0.3) is 0 Å². The summed E-state index contributed by atoms with van der Waals surface area (Å²) in [5, 5.41) is 7.45. The third-order valence-electron chi connectivity index (χ3n) is 3.32. The van der Waals surface area contributed by atoms with Crippen molar-refractivity contribution in [2.75, 3.05) is 13.1 Å². The van der Waals surface area contributed by atoms with Crippen LogP contribution in [0.15, 0.2) is 38.2 Å². The Labute approximate surface area is 130 Å². The van der Waals surface area contributed by atoms with E-state index in [4.69, 9.17) is 4.52 Å². The fourth-order valence-electron chi connectivity index (χ4n) is 2.26. The second-order valence-corrected chi connectivity index (χ2v) is 6.68. The average molecular weight is 354 g/mol. The number of aromatic nitrogens is 2. The number of benzene rings is 1. The highest BCUT2D eigenvalue weighted by molar-refractivity contribution is 9.10. The predicted octanol–water partition coefficient (Wildman–Crippen LogP) is 3.59. The van der Waals surface area contributed by atoms with Crippen LogP contribution < -0.4 is 5.32 Å². The van der Waals surface area contributed by atoms with Gasteiger partial charge in [-0.05, 0) is 47.4 Å². The van der Waals surface area contributed by atoms with Gasteiger partial charge in [0.1, 0.15) is 0 Å². The SMILES string of the molecule is Brc1ccccc1SCc1noc([C@@H]2CCCNC2)n1. The minimum Gasteiger partial charge on any atom is -0.339 e. The van der Waals surface area contributed by atoms with E-state index in [9.17, 15) is 0 Å². The molecule has 1 atom stereocenters. The standard InChI is InChI=1S/C14H16BrN3OS/c15-11-5-1-2-6-12(11)20-9-13-17-14(19-18-13)10-4-3-7-16-8-10/h1-2,5-6,10,16H,3-4,7-9H2/t10-/m1/s1. The Balaban J connectivity index is 1.61. The summed E-state index contributed by atoms with van der Waals surface area (Å²) in [6.45, 7) is 2.04. The fraction of sp³-hybridized carbons (Fsp3) is 0.429. The number of thioether (sulfide) groups is 1. The first kappa shape index (κ1) is 14.1. The summed E-state index contributed by atoms with van der Waals surface area (Å²) in [4.78, 5) is 5.72. The first-order valence-electron chi connectivity index (χ1n) is 6.73. The van der Waals surface area contributed by atoms with Crippen molar-refractivity contribution in [2.45, 2.75) is 29.4 Å². The molecule has 0 bridgehead atoms. The minimum atomic E-state index is 0.374. The van der Waals surface area contributed by atoms with Crippen molar-refractivity contribution in [2.24, 2.45) is 0 Å². The second-order valence-electron chi connectivity index (χ2n) is 4.81. The molecule has 1 aromatic heterocycles. The monoisotopic (exact) mass is 353 g/mol. The molecule has 0 unspecified atom stereocenters. The number of piperidine rings is 1. The highest BCUT2D eigenvalue weighted by Gasteiger charge is 2.21. The van der Waals surface area contributed by atoms with E-state index in [1.807, 2.05) is 18.2 Å². The molecular weight excluding hydrogens is 338 g/mol. The van der Waals surface area contributed by atoms with Crippen molar-refractivity contribution in [1.82, 2.24) is 15.5 Å². The number of nitrogens with one attached hydrogen (secondary N) is 1. The Bertz CT molecular complexity index is 569. The van der Waals surface area contributed by atoms with Crippen LogP contribution in [0.1, 0.15) is 30.5 Å². The Morgan fingerprint density at radius 1 is 1.40 bits per heavy atom. The molecule has 1 N–H and O–H groups in total. The van der Waals surface area contributed by atoms with Crippen LogP contribution >= 0.6 is 27.7 Å². The zero-order chi connectivity index (χ0) is 13.8. The van der Waals surface area contributed by atoms with Crippen LogP contribution in [0, 0.1) is 0 Å². The van der Waals surface area contributed by atoms with Gasteiger partial charge in [-0.3, -0.25) is 0 Å². The van der Waals surface area contributed by atoms with Gasteiger partial charge in [-0.1, -0.05) is 17.3 Å². The normalized spacial score (nSPS) is 19.1. The topological polar surface area (TPSA) is 51.0 Å². The molecule has 1 aliphatic heterocycles. The molecule has 0 amide bonds. The molecule has 4 nitrogen and oxygen atoms in total. The molecule has 0 saturated carbocycles. The van der Waals surface area contributed by atoms with Gasteiger partial charge in [0.05, 0.1) is 11.7 Å². The number of hydrogen-bond acceptors (Lipinski definition) is 5. The Kier molecular flexibility index (Phi) is 4.75. The van der Waals surface area contributed by atoms with Gasteiger partial charge in [-0.2, -0.15) is 4.98 Å². The zero-order valence-electron chi connectivity index (χ0n) is 11.0. The lowest BCUT2D eigenvalue weighted by atomic mass is 10.00. The summed E-state index contributed by atoms with van der Waals surface area (Å²) in [5.74, 6) is 2.65. The smallest absolute Gasteiger partial charge is 0.231 e. The summed E-state index contributed by atoms with van der Waals surface area (Å²) in [6.07, 6.45) is 2.31. The molecule has 0 spiro atoms. The van der Waals surface area contributed by atoms with Crippen LogP contribution in [0.5, 0.6) is 0 Å². The highest BCUT2D eigenvalue weighted by Crippen LogP contribution is 2.29. The first-order chi connectivity index (χ1) is 9.83. The van der Waals surface area contributed by atoms with Crippen molar-refractivity contribution in [1.29, 1.82) is 0 Å². The maximum absolute atomic E-state index is 5.40. The number of hydrogen-bond donors (Lipinski definition) is 1. The first-order valence-corrected chi connectivity index (χ1v) is 8.51. The van der Waals surface area contributed by atoms with Crippen molar-refractivity contribution in [3.63, 3.8) is 0 Å². The number of nitrogens with zero attached hydrogens (tertiary/aromatic N) is 2. The number of halogens is 1. The summed E-state index contributed by atoms with van der Waals surface area (Å²) in [7, 11) is 0. The van der Waals surface area contributed by atoms with E-state index >= 15 is 0 Å². The lowest BCUT2D eigenvalue weighted by molar-refractivity contribution is 0.320. The molecule has 1 fully saturated rings. The third-order valence-corrected chi connectivity index (χ3v) is 5.35. The minimum absolute atomic E-state index is 0.374. The summed E-state index contributed by atoms with van der Waals surface area (Å²) >= 11 is 5.26. The third kappa shape index (κ3) is 3.42. The van der Waals surface area contributed by atoms with E-state index in [2.05, 4.69) is 37.5 Å². The molecule has 3 rings (SSSR count). The van der Waals surface area contributed by atoms with Crippen LogP contribution in [0.3, 0.4) is 0 Å². The molecule has 0 radical (unpaired) electrons. The quantitative estimate of drug-likeness (QED) is 0.851. The van der Waals surface area contributed by atoms with Crippen molar-refractivity contribution < 1.29 is 4.52 Å². The Morgan fingerprint density at radius 2 is 2.30 bits per heavy atom. The molecule has 0 aliphatic carbocycles. The molecular formula is C14H16BrN3OS. The molecule has 20 heavy (non-hydrogen) atoms. The van der Waals surface area contributed by atoms with Gasteiger partial charge < -0.3 is 9.84 Å². The van der Waals surface area contributed by atoms with E-state index in [0.29, 0.717) is 5.92 Å². The molecule has 6 heteroatoms. The predicted molar refractivity (Wildman–Crippen MR) is 82.8 cm³/mol. The second kappa shape index (κ2) is 6.74.